The molecular formula is C12H16N2O3S. The number of amides is 1. The van der Waals surface area contributed by atoms with Gasteiger partial charge in [0.1, 0.15) is 0 Å². The van der Waals surface area contributed by atoms with Crippen LogP contribution in [-0.2, 0) is 20.7 Å². The summed E-state index contributed by atoms with van der Waals surface area (Å²) in [5, 5.41) is 4.91. The largest absolute Gasteiger partial charge is 0.466 e. The van der Waals surface area contributed by atoms with E-state index in [0.29, 0.717) is 23.9 Å². The number of nitrogens with zero attached hydrogens (tertiary/aromatic N) is 1. The maximum absolute atomic E-state index is 11.4. The first-order valence-electron chi connectivity index (χ1n) is 5.66. The third-order valence-corrected chi connectivity index (χ3v) is 2.77. The summed E-state index contributed by atoms with van der Waals surface area (Å²) < 4.78 is 4.82. The zero-order valence-electron chi connectivity index (χ0n) is 10.4. The first-order valence-corrected chi connectivity index (χ1v) is 6.54. The van der Waals surface area contributed by atoms with E-state index in [9.17, 15) is 9.59 Å². The van der Waals surface area contributed by atoms with E-state index in [4.69, 9.17) is 4.74 Å². The van der Waals surface area contributed by atoms with Gasteiger partial charge in [0.05, 0.1) is 18.7 Å². The second kappa shape index (κ2) is 7.60. The van der Waals surface area contributed by atoms with Gasteiger partial charge in [-0.25, -0.2) is 4.98 Å². The molecule has 1 aromatic heterocycles. The summed E-state index contributed by atoms with van der Waals surface area (Å²) in [6.45, 7) is 3.97. The minimum Gasteiger partial charge on any atom is -0.466 e. The fourth-order valence-electron chi connectivity index (χ4n) is 1.20. The highest BCUT2D eigenvalue weighted by atomic mass is 32.1. The molecule has 1 aromatic rings. The predicted octanol–water partition coefficient (Wildman–Crippen LogP) is 2.15. The number of hydrogen-bond acceptors (Lipinski definition) is 5. The van der Waals surface area contributed by atoms with Gasteiger partial charge in [0.25, 0.3) is 0 Å². The number of carbonyl (C=O) groups excluding carboxylic acids is 2. The van der Waals surface area contributed by atoms with E-state index in [0.717, 1.165) is 0 Å². The molecule has 0 atom stereocenters. The van der Waals surface area contributed by atoms with Crippen LogP contribution in [0.25, 0.3) is 0 Å². The van der Waals surface area contributed by atoms with Crippen LogP contribution in [0.15, 0.2) is 17.5 Å². The molecule has 0 saturated carbocycles. The van der Waals surface area contributed by atoms with Crippen LogP contribution in [0.1, 0.15) is 26.0 Å². The number of nitrogens with one attached hydrogen (secondary N) is 1. The van der Waals surface area contributed by atoms with Crippen LogP contribution in [0.5, 0.6) is 0 Å². The van der Waals surface area contributed by atoms with Crippen LogP contribution in [0.4, 0.5) is 5.13 Å². The van der Waals surface area contributed by atoms with Crippen LogP contribution in [-0.4, -0.2) is 23.5 Å². The number of thiazole rings is 1. The fourth-order valence-corrected chi connectivity index (χ4v) is 1.93. The maximum atomic E-state index is 11.4. The van der Waals surface area contributed by atoms with Crippen LogP contribution in [0.2, 0.25) is 0 Å². The number of ether oxygens (including phenoxy) is 1. The van der Waals surface area contributed by atoms with Crippen LogP contribution in [0, 0.1) is 0 Å². The molecule has 0 fully saturated rings. The number of hydrogen-bond donors (Lipinski definition) is 1. The van der Waals surface area contributed by atoms with Gasteiger partial charge in [0, 0.05) is 11.8 Å². The van der Waals surface area contributed by atoms with Crippen molar-refractivity contribution in [3.8, 4) is 0 Å². The minimum absolute atomic E-state index is 0.120. The summed E-state index contributed by atoms with van der Waals surface area (Å²) in [5.41, 5.74) is 0.611. The molecule has 1 amide bonds. The zero-order valence-corrected chi connectivity index (χ0v) is 11.3. The SMILES string of the molecule is CC=CCC(=O)Nc1nc(CC(=O)OCC)cs1. The molecule has 98 valence electrons. The molecule has 5 nitrogen and oxygen atoms in total. The third-order valence-electron chi connectivity index (χ3n) is 1.97. The second-order valence-electron chi connectivity index (χ2n) is 3.45. The van der Waals surface area contributed by atoms with Gasteiger partial charge in [-0.3, -0.25) is 9.59 Å². The lowest BCUT2D eigenvalue weighted by molar-refractivity contribution is -0.142. The Labute approximate surface area is 110 Å². The molecule has 0 aromatic carbocycles. The first kappa shape index (κ1) is 14.4. The number of rotatable bonds is 6. The Morgan fingerprint density at radius 1 is 1.56 bits per heavy atom. The van der Waals surface area contributed by atoms with Crippen molar-refractivity contribution in [3.63, 3.8) is 0 Å². The van der Waals surface area contributed by atoms with Crippen molar-refractivity contribution >= 4 is 28.3 Å². The highest BCUT2D eigenvalue weighted by Gasteiger charge is 2.09. The van der Waals surface area contributed by atoms with Crippen molar-refractivity contribution in [2.45, 2.75) is 26.7 Å². The monoisotopic (exact) mass is 268 g/mol. The second-order valence-corrected chi connectivity index (χ2v) is 4.31. The molecule has 18 heavy (non-hydrogen) atoms. The van der Waals surface area contributed by atoms with Gasteiger partial charge in [-0.15, -0.1) is 11.3 Å². The van der Waals surface area contributed by atoms with Gasteiger partial charge >= 0.3 is 5.97 Å². The van der Waals surface area contributed by atoms with Gasteiger partial charge in [-0.05, 0) is 13.8 Å². The Morgan fingerprint density at radius 2 is 2.33 bits per heavy atom. The normalized spacial score (nSPS) is 10.6. The van der Waals surface area contributed by atoms with Crippen molar-refractivity contribution in [3.05, 3.63) is 23.2 Å². The molecule has 0 radical (unpaired) electrons. The number of carbonyl (C=O) groups is 2. The average Bonchev–Trinajstić information content (AvgIpc) is 2.74. The van der Waals surface area contributed by atoms with Crippen LogP contribution < -0.4 is 5.32 Å². The summed E-state index contributed by atoms with van der Waals surface area (Å²) in [4.78, 5) is 26.8. The third kappa shape index (κ3) is 5.09. The van der Waals surface area contributed by atoms with Gasteiger partial charge in [-0.2, -0.15) is 0 Å². The van der Waals surface area contributed by atoms with Gasteiger partial charge < -0.3 is 10.1 Å². The topological polar surface area (TPSA) is 68.3 Å². The molecule has 0 saturated heterocycles. The van der Waals surface area contributed by atoms with Crippen LogP contribution in [0.3, 0.4) is 0 Å². The number of aromatic nitrogens is 1. The quantitative estimate of drug-likeness (QED) is 0.634. The number of allylic oxidation sites excluding steroid dienone is 1. The standard InChI is InChI=1S/C12H16N2O3S/c1-3-5-6-10(15)14-12-13-9(8-18-12)7-11(16)17-4-2/h3,5,8H,4,6-7H2,1-2H3,(H,13,14,15). The molecule has 0 spiro atoms. The molecule has 6 heteroatoms. The molecule has 1 heterocycles. The molecule has 0 aliphatic rings. The van der Waals surface area contributed by atoms with E-state index in [1.807, 2.05) is 13.0 Å². The van der Waals surface area contributed by atoms with E-state index in [-0.39, 0.29) is 18.3 Å². The average molecular weight is 268 g/mol. The molecule has 0 bridgehead atoms. The van der Waals surface area contributed by atoms with Crippen molar-refractivity contribution in [1.29, 1.82) is 0 Å². The lowest BCUT2D eigenvalue weighted by atomic mass is 10.3. The summed E-state index contributed by atoms with van der Waals surface area (Å²) in [6.07, 6.45) is 4.04. The van der Waals surface area contributed by atoms with Crippen molar-refractivity contribution in [2.24, 2.45) is 0 Å². The number of esters is 1. The van der Waals surface area contributed by atoms with Crippen molar-refractivity contribution < 1.29 is 14.3 Å². The smallest absolute Gasteiger partial charge is 0.311 e. The molecule has 1 N–H and O–H groups in total. The summed E-state index contributed by atoms with van der Waals surface area (Å²) in [5.74, 6) is -0.431. The highest BCUT2D eigenvalue weighted by Crippen LogP contribution is 2.16. The van der Waals surface area contributed by atoms with Gasteiger partial charge in [-0.1, -0.05) is 12.2 Å². The van der Waals surface area contributed by atoms with Crippen molar-refractivity contribution in [2.75, 3.05) is 11.9 Å². The summed E-state index contributed by atoms with van der Waals surface area (Å²) in [7, 11) is 0. The Kier molecular flexibility index (Phi) is 6.07. The minimum atomic E-state index is -0.311. The van der Waals surface area contributed by atoms with E-state index >= 15 is 0 Å². The predicted molar refractivity (Wildman–Crippen MR) is 70.5 cm³/mol. The van der Waals surface area contributed by atoms with E-state index in [2.05, 4.69) is 10.3 Å². The lowest BCUT2D eigenvalue weighted by Gasteiger charge is -1.99. The Balaban J connectivity index is 2.47. The summed E-state index contributed by atoms with van der Waals surface area (Å²) >= 11 is 1.30. The molecule has 1 rings (SSSR count). The Hall–Kier alpha value is -1.69. The van der Waals surface area contributed by atoms with Crippen LogP contribution >= 0.6 is 11.3 Å². The Bertz CT molecular complexity index is 440. The highest BCUT2D eigenvalue weighted by molar-refractivity contribution is 7.13. The van der Waals surface area contributed by atoms with E-state index < -0.39 is 0 Å². The van der Waals surface area contributed by atoms with Gasteiger partial charge in [0.2, 0.25) is 5.91 Å². The molecule has 0 unspecified atom stereocenters. The maximum Gasteiger partial charge on any atom is 0.311 e. The molecule has 0 aliphatic carbocycles. The molecular weight excluding hydrogens is 252 g/mol. The van der Waals surface area contributed by atoms with E-state index in [1.165, 1.54) is 11.3 Å². The lowest BCUT2D eigenvalue weighted by Crippen LogP contribution is -2.10. The fraction of sp³-hybridized carbons (Fsp3) is 0.417. The molecule has 0 aliphatic heterocycles. The van der Waals surface area contributed by atoms with Crippen molar-refractivity contribution in [1.82, 2.24) is 4.98 Å². The van der Waals surface area contributed by atoms with E-state index in [1.54, 1.807) is 18.4 Å². The number of anilines is 1. The zero-order chi connectivity index (χ0) is 13.4. The Morgan fingerprint density at radius 3 is 3.00 bits per heavy atom. The first-order chi connectivity index (χ1) is 8.65. The van der Waals surface area contributed by atoms with Gasteiger partial charge in [0.15, 0.2) is 5.13 Å². The summed E-state index contributed by atoms with van der Waals surface area (Å²) in [6, 6.07) is 0.